The van der Waals surface area contributed by atoms with Crippen molar-refractivity contribution in [1.82, 2.24) is 19.3 Å². The summed E-state index contributed by atoms with van der Waals surface area (Å²) in [6.07, 6.45) is 0. The molecule has 134 valence electrons. The van der Waals surface area contributed by atoms with Gasteiger partial charge in [-0.25, -0.2) is 9.36 Å². The van der Waals surface area contributed by atoms with E-state index in [0.29, 0.717) is 21.7 Å². The first-order chi connectivity index (χ1) is 13.0. The summed E-state index contributed by atoms with van der Waals surface area (Å²) in [5.41, 5.74) is -0.211. The zero-order chi connectivity index (χ0) is 19.1. The van der Waals surface area contributed by atoms with E-state index in [1.807, 2.05) is 0 Å². The molecule has 0 spiro atoms. The fourth-order valence-corrected chi connectivity index (χ4v) is 3.04. The Morgan fingerprint density at radius 3 is 2.44 bits per heavy atom. The maximum Gasteiger partial charge on any atom is 0.372 e. The summed E-state index contributed by atoms with van der Waals surface area (Å²) in [5, 5.41) is 7.61. The molecule has 0 bridgehead atoms. The fourth-order valence-electron chi connectivity index (χ4n) is 2.87. The third-order valence-electron chi connectivity index (χ3n) is 3.91. The Balaban J connectivity index is 2.31. The van der Waals surface area contributed by atoms with Crippen LogP contribution in [-0.4, -0.2) is 25.3 Å². The van der Waals surface area contributed by atoms with E-state index in [4.69, 9.17) is 16.3 Å². The average molecular weight is 383 g/mol. The molecular weight excluding hydrogens is 372 g/mol. The van der Waals surface area contributed by atoms with E-state index < -0.39 is 23.0 Å². The van der Waals surface area contributed by atoms with Crippen molar-refractivity contribution in [3.8, 4) is 17.3 Å². The van der Waals surface area contributed by atoms with E-state index in [-0.39, 0.29) is 5.82 Å². The number of ether oxygens (including phenoxy) is 1. The normalized spacial score (nSPS) is 11.0. The largest absolute Gasteiger partial charge is 0.417 e. The number of fused-ring (bicyclic) bond motifs is 3. The van der Waals surface area contributed by atoms with Crippen LogP contribution in [0.5, 0.6) is 5.75 Å². The molecule has 0 N–H and O–H groups in total. The van der Waals surface area contributed by atoms with Crippen LogP contribution in [0.15, 0.2) is 58.1 Å². The number of rotatable bonds is 2. The van der Waals surface area contributed by atoms with Crippen LogP contribution in [0.1, 0.15) is 6.92 Å². The number of nitrogens with zero attached hydrogens (tertiary/aromatic N) is 4. The van der Waals surface area contributed by atoms with Gasteiger partial charge in [-0.3, -0.25) is 14.2 Å². The lowest BCUT2D eigenvalue weighted by atomic mass is 10.2. The van der Waals surface area contributed by atoms with Gasteiger partial charge < -0.3 is 4.74 Å². The van der Waals surface area contributed by atoms with E-state index >= 15 is 0 Å². The van der Waals surface area contributed by atoms with Crippen molar-refractivity contribution in [2.75, 3.05) is 0 Å². The maximum absolute atomic E-state index is 13.3. The number of hydrogen-bond acceptors (Lipinski definition) is 6. The molecule has 2 aliphatic rings. The minimum Gasteiger partial charge on any atom is -0.417 e. The molecule has 2 aromatic rings. The molecule has 9 heteroatoms. The monoisotopic (exact) mass is 382 g/mol. The summed E-state index contributed by atoms with van der Waals surface area (Å²) in [6.45, 7) is 1.15. The molecule has 4 rings (SSSR count). The Bertz CT molecular complexity index is 1280. The number of esters is 1. The lowest BCUT2D eigenvalue weighted by Gasteiger charge is -2.07. The van der Waals surface area contributed by atoms with Crippen LogP contribution in [0, 0.1) is 0 Å². The average Bonchev–Trinajstić information content (AvgIpc) is 2.98. The molecule has 2 aromatic carbocycles. The summed E-state index contributed by atoms with van der Waals surface area (Å²) in [5.74, 6) is -1.27. The molecular formula is C18H11ClN4O4. The van der Waals surface area contributed by atoms with Crippen LogP contribution in [0.3, 0.4) is 0 Å². The Morgan fingerprint density at radius 1 is 1.00 bits per heavy atom. The lowest BCUT2D eigenvalue weighted by molar-refractivity contribution is -0.132. The maximum atomic E-state index is 13.3. The first-order valence-electron chi connectivity index (χ1n) is 7.85. The number of carbonyl (C=O) groups is 1. The van der Waals surface area contributed by atoms with Gasteiger partial charge in [0.05, 0.1) is 11.0 Å². The zero-order valence-electron chi connectivity index (χ0n) is 13.9. The predicted octanol–water partition coefficient (Wildman–Crippen LogP) is 1.95. The molecule has 0 unspecified atom stereocenters. The van der Waals surface area contributed by atoms with Gasteiger partial charge in [-0.2, -0.15) is 0 Å². The van der Waals surface area contributed by atoms with Crippen molar-refractivity contribution in [3.05, 3.63) is 74.4 Å². The highest BCUT2D eigenvalue weighted by atomic mass is 35.5. The summed E-state index contributed by atoms with van der Waals surface area (Å²) >= 11 is 6.14. The summed E-state index contributed by atoms with van der Waals surface area (Å²) < 4.78 is 7.56. The molecule has 0 saturated carbocycles. The Hall–Kier alpha value is -3.52. The highest BCUT2D eigenvalue weighted by Gasteiger charge is 2.24. The SMILES string of the molecule is CC(=O)Oc1c2nnc(=O)n-2c2ccc(Cl)cc2n(-c2ccccc2)c1=O. The van der Waals surface area contributed by atoms with Crippen LogP contribution in [0.2, 0.25) is 5.02 Å². The second-order valence-corrected chi connectivity index (χ2v) is 6.11. The third kappa shape index (κ3) is 2.76. The van der Waals surface area contributed by atoms with E-state index in [2.05, 4.69) is 10.2 Å². The molecule has 2 aliphatic heterocycles. The van der Waals surface area contributed by atoms with E-state index in [9.17, 15) is 14.4 Å². The van der Waals surface area contributed by atoms with Crippen molar-refractivity contribution in [2.24, 2.45) is 0 Å². The molecule has 0 aliphatic carbocycles. The summed E-state index contributed by atoms with van der Waals surface area (Å²) in [6, 6.07) is 13.4. The summed E-state index contributed by atoms with van der Waals surface area (Å²) in [4.78, 5) is 37.2. The van der Waals surface area contributed by atoms with Gasteiger partial charge in [0.2, 0.25) is 11.6 Å². The minimum absolute atomic E-state index is 0.151. The van der Waals surface area contributed by atoms with Gasteiger partial charge >= 0.3 is 17.2 Å². The van der Waals surface area contributed by atoms with Crippen molar-refractivity contribution in [1.29, 1.82) is 0 Å². The molecule has 27 heavy (non-hydrogen) atoms. The van der Waals surface area contributed by atoms with Gasteiger partial charge in [-0.1, -0.05) is 34.9 Å². The van der Waals surface area contributed by atoms with Gasteiger partial charge in [0, 0.05) is 17.6 Å². The van der Waals surface area contributed by atoms with Crippen LogP contribution in [0.4, 0.5) is 0 Å². The highest BCUT2D eigenvalue weighted by Crippen LogP contribution is 2.26. The zero-order valence-corrected chi connectivity index (χ0v) is 14.7. The smallest absolute Gasteiger partial charge is 0.372 e. The molecule has 8 nitrogen and oxygen atoms in total. The van der Waals surface area contributed by atoms with Gasteiger partial charge in [-0.05, 0) is 30.3 Å². The minimum atomic E-state index is -0.725. The number of para-hydroxylation sites is 1. The van der Waals surface area contributed by atoms with Gasteiger partial charge in [-0.15, -0.1) is 5.10 Å². The quantitative estimate of drug-likeness (QED) is 0.492. The Morgan fingerprint density at radius 2 is 1.74 bits per heavy atom. The molecule has 0 fully saturated rings. The molecule has 0 saturated heterocycles. The van der Waals surface area contributed by atoms with Crippen molar-refractivity contribution in [3.63, 3.8) is 0 Å². The number of aromatic nitrogens is 4. The third-order valence-corrected chi connectivity index (χ3v) is 4.15. The van der Waals surface area contributed by atoms with E-state index in [1.54, 1.807) is 48.5 Å². The van der Waals surface area contributed by atoms with Crippen LogP contribution < -0.4 is 16.0 Å². The summed E-state index contributed by atoms with van der Waals surface area (Å²) in [7, 11) is 0. The van der Waals surface area contributed by atoms with Crippen LogP contribution in [0.25, 0.3) is 22.5 Å². The first-order valence-corrected chi connectivity index (χ1v) is 8.23. The van der Waals surface area contributed by atoms with Crippen LogP contribution >= 0.6 is 11.6 Å². The topological polar surface area (TPSA) is 96.1 Å². The van der Waals surface area contributed by atoms with Crippen LogP contribution in [-0.2, 0) is 4.79 Å². The Labute approximate surface area is 156 Å². The first kappa shape index (κ1) is 16.9. The van der Waals surface area contributed by atoms with E-state index in [0.717, 1.165) is 11.5 Å². The number of carbonyl (C=O) groups excluding carboxylic acids is 1. The second-order valence-electron chi connectivity index (χ2n) is 5.67. The molecule has 0 atom stereocenters. The fraction of sp³-hybridized carbons (Fsp3) is 0.0556. The van der Waals surface area contributed by atoms with Crippen molar-refractivity contribution in [2.45, 2.75) is 6.92 Å². The lowest BCUT2D eigenvalue weighted by Crippen LogP contribution is -2.21. The molecule has 0 amide bonds. The van der Waals surface area contributed by atoms with Gasteiger partial charge in [0.1, 0.15) is 0 Å². The van der Waals surface area contributed by atoms with Crippen molar-refractivity contribution >= 4 is 28.6 Å². The predicted molar refractivity (Wildman–Crippen MR) is 98.2 cm³/mol. The van der Waals surface area contributed by atoms with Gasteiger partial charge in [0.25, 0.3) is 0 Å². The van der Waals surface area contributed by atoms with E-state index in [1.165, 1.54) is 4.57 Å². The standard InChI is InChI=1S/C18H11ClN4O4/c1-10(24)27-15-16-20-21-18(26)23(16)13-8-7-11(19)9-14(13)22(17(15)25)12-5-3-2-4-6-12/h2-9H,1H3. The molecule has 2 heterocycles. The highest BCUT2D eigenvalue weighted by molar-refractivity contribution is 6.31. The second kappa shape index (κ2) is 6.33. The Kier molecular flexibility index (Phi) is 3.97. The number of benzene rings is 2. The number of hydrogen-bond donors (Lipinski definition) is 0. The van der Waals surface area contributed by atoms with Crippen molar-refractivity contribution < 1.29 is 9.53 Å². The molecule has 0 aromatic heterocycles. The van der Waals surface area contributed by atoms with Gasteiger partial charge in [0.15, 0.2) is 0 Å². The number of halogens is 1. The molecule has 0 radical (unpaired) electrons.